The Hall–Kier alpha value is -2.41. The zero-order valence-corrected chi connectivity index (χ0v) is 11.2. The van der Waals surface area contributed by atoms with E-state index in [1.165, 1.54) is 6.33 Å². The lowest BCUT2D eigenvalue weighted by Crippen LogP contribution is -2.18. The van der Waals surface area contributed by atoms with Gasteiger partial charge in [0.15, 0.2) is 12.2 Å². The number of nitrogens with two attached hydrogens (primary N) is 1. The third-order valence-electron chi connectivity index (χ3n) is 2.98. The first kappa shape index (κ1) is 14.0. The van der Waals surface area contributed by atoms with Crippen molar-refractivity contribution >= 4 is 5.84 Å². The van der Waals surface area contributed by atoms with Gasteiger partial charge in [0.1, 0.15) is 0 Å². The maximum Gasteiger partial charge on any atom is 0.227 e. The Labute approximate surface area is 116 Å². The molecule has 0 bridgehead atoms. The van der Waals surface area contributed by atoms with E-state index in [9.17, 15) is 0 Å². The lowest BCUT2D eigenvalue weighted by atomic mass is 10.0. The number of hydrogen-bond acceptors (Lipinski definition) is 6. The summed E-state index contributed by atoms with van der Waals surface area (Å²) >= 11 is 0. The van der Waals surface area contributed by atoms with Crippen LogP contribution in [0.15, 0.2) is 34.2 Å². The topological polar surface area (TPSA) is 110 Å². The molecule has 0 aliphatic carbocycles. The molecule has 7 heteroatoms. The number of benzene rings is 1. The quantitative estimate of drug-likeness (QED) is 0.236. The molecular formula is C13H17N5O2. The van der Waals surface area contributed by atoms with Crippen molar-refractivity contribution in [3.63, 3.8) is 0 Å². The molecular weight excluding hydrogens is 258 g/mol. The van der Waals surface area contributed by atoms with Crippen molar-refractivity contribution in [3.8, 4) is 0 Å². The highest BCUT2D eigenvalue weighted by atomic mass is 16.5. The van der Waals surface area contributed by atoms with Gasteiger partial charge in [-0.2, -0.15) is 4.98 Å². The minimum Gasteiger partial charge on any atom is -0.409 e. The van der Waals surface area contributed by atoms with Crippen LogP contribution in [0.3, 0.4) is 0 Å². The zero-order chi connectivity index (χ0) is 14.4. The fraction of sp³-hybridized carbons (Fsp3) is 0.308. The van der Waals surface area contributed by atoms with Crippen molar-refractivity contribution in [1.29, 1.82) is 0 Å². The zero-order valence-electron chi connectivity index (χ0n) is 11.2. The van der Waals surface area contributed by atoms with Gasteiger partial charge in [-0.15, -0.1) is 0 Å². The maximum absolute atomic E-state index is 8.64. The first-order valence-corrected chi connectivity index (χ1v) is 6.24. The van der Waals surface area contributed by atoms with Gasteiger partial charge < -0.3 is 20.8 Å². The van der Waals surface area contributed by atoms with E-state index in [1.807, 2.05) is 25.1 Å². The Balaban J connectivity index is 1.87. The molecule has 0 saturated heterocycles. The monoisotopic (exact) mass is 275 g/mol. The summed E-state index contributed by atoms with van der Waals surface area (Å²) in [7, 11) is 0. The van der Waals surface area contributed by atoms with E-state index in [4.69, 9.17) is 15.5 Å². The first-order valence-electron chi connectivity index (χ1n) is 6.24. The molecule has 0 amide bonds. The van der Waals surface area contributed by atoms with Crippen LogP contribution in [0, 0.1) is 6.92 Å². The van der Waals surface area contributed by atoms with E-state index in [1.54, 1.807) is 0 Å². The number of oxime groups is 1. The van der Waals surface area contributed by atoms with Crippen molar-refractivity contribution in [1.82, 2.24) is 15.5 Å². The molecule has 2 aromatic rings. The number of amidine groups is 1. The van der Waals surface area contributed by atoms with Crippen LogP contribution in [0.2, 0.25) is 0 Å². The van der Waals surface area contributed by atoms with Gasteiger partial charge >= 0.3 is 0 Å². The van der Waals surface area contributed by atoms with Gasteiger partial charge in [-0.25, -0.2) is 0 Å². The number of nitrogens with zero attached hydrogens (tertiary/aromatic N) is 3. The van der Waals surface area contributed by atoms with Crippen LogP contribution >= 0.6 is 0 Å². The largest absolute Gasteiger partial charge is 0.409 e. The average Bonchev–Trinajstić information content (AvgIpc) is 2.97. The van der Waals surface area contributed by atoms with E-state index in [-0.39, 0.29) is 5.84 Å². The average molecular weight is 275 g/mol. The molecule has 0 fully saturated rings. The fourth-order valence-corrected chi connectivity index (χ4v) is 1.84. The smallest absolute Gasteiger partial charge is 0.227 e. The second-order valence-electron chi connectivity index (χ2n) is 4.39. The summed E-state index contributed by atoms with van der Waals surface area (Å²) < 4.78 is 4.91. The van der Waals surface area contributed by atoms with Crippen LogP contribution in [0.1, 0.15) is 22.6 Å². The number of rotatable bonds is 6. The van der Waals surface area contributed by atoms with Crippen LogP contribution in [0.4, 0.5) is 0 Å². The van der Waals surface area contributed by atoms with E-state index in [2.05, 4.69) is 20.6 Å². The van der Waals surface area contributed by atoms with Gasteiger partial charge in [0.25, 0.3) is 0 Å². The highest BCUT2D eigenvalue weighted by molar-refractivity contribution is 5.97. The highest BCUT2D eigenvalue weighted by Crippen LogP contribution is 2.11. The highest BCUT2D eigenvalue weighted by Gasteiger charge is 2.04. The summed E-state index contributed by atoms with van der Waals surface area (Å²) in [4.78, 5) is 3.95. The van der Waals surface area contributed by atoms with Gasteiger partial charge in [0.2, 0.25) is 5.89 Å². The second kappa shape index (κ2) is 6.67. The molecule has 0 aliphatic rings. The van der Waals surface area contributed by atoms with Gasteiger partial charge in [-0.1, -0.05) is 22.4 Å². The summed E-state index contributed by atoms with van der Waals surface area (Å²) in [6, 6.07) is 5.68. The first-order chi connectivity index (χ1) is 9.70. The number of aryl methyl sites for hydroxylation is 1. The number of hydrogen-bond donors (Lipinski definition) is 3. The predicted molar refractivity (Wildman–Crippen MR) is 73.4 cm³/mol. The molecule has 2 rings (SSSR count). The third-order valence-corrected chi connectivity index (χ3v) is 2.98. The van der Waals surface area contributed by atoms with Crippen molar-refractivity contribution in [2.75, 3.05) is 6.54 Å². The Morgan fingerprint density at radius 2 is 2.35 bits per heavy atom. The summed E-state index contributed by atoms with van der Waals surface area (Å²) in [5.74, 6) is 0.737. The van der Waals surface area contributed by atoms with E-state index in [0.29, 0.717) is 17.9 Å². The molecule has 0 unspecified atom stereocenters. The maximum atomic E-state index is 8.64. The standard InChI is InChI=1S/C13H17N5O2/c1-9-6-10(13(14)18-19)2-3-11(9)7-15-5-4-12-16-8-17-20-12/h2-3,6,8,15,19H,4-5,7H2,1H3,(H2,14,18). The Bertz CT molecular complexity index is 580. The summed E-state index contributed by atoms with van der Waals surface area (Å²) in [5.41, 5.74) is 8.50. The number of aromatic nitrogens is 2. The molecule has 4 N–H and O–H groups in total. The van der Waals surface area contributed by atoms with Crippen LogP contribution in [0.5, 0.6) is 0 Å². The van der Waals surface area contributed by atoms with E-state index >= 15 is 0 Å². The lowest BCUT2D eigenvalue weighted by Gasteiger charge is -2.09. The van der Waals surface area contributed by atoms with Crippen LogP contribution < -0.4 is 11.1 Å². The minimum atomic E-state index is 0.115. The summed E-state index contributed by atoms with van der Waals surface area (Å²) in [6.45, 7) is 3.48. The number of nitrogens with one attached hydrogen (secondary N) is 1. The molecule has 7 nitrogen and oxygen atoms in total. The molecule has 20 heavy (non-hydrogen) atoms. The molecule has 0 aliphatic heterocycles. The van der Waals surface area contributed by atoms with Gasteiger partial charge in [-0.05, 0) is 24.1 Å². The Morgan fingerprint density at radius 1 is 1.50 bits per heavy atom. The van der Waals surface area contributed by atoms with Crippen LogP contribution in [-0.4, -0.2) is 27.7 Å². The SMILES string of the molecule is Cc1cc(/C(N)=N/O)ccc1CNCCc1ncno1. The Kier molecular flexibility index (Phi) is 4.67. The van der Waals surface area contributed by atoms with Crippen LogP contribution in [0.25, 0.3) is 0 Å². The van der Waals surface area contributed by atoms with Crippen molar-refractivity contribution in [2.45, 2.75) is 19.9 Å². The molecule has 0 saturated carbocycles. The molecule has 0 atom stereocenters. The van der Waals surface area contributed by atoms with Crippen molar-refractivity contribution in [2.24, 2.45) is 10.9 Å². The molecule has 106 valence electrons. The fourth-order valence-electron chi connectivity index (χ4n) is 1.84. The van der Waals surface area contributed by atoms with Gasteiger partial charge in [0.05, 0.1) is 0 Å². The normalized spacial score (nSPS) is 11.8. The molecule has 1 heterocycles. The van der Waals surface area contributed by atoms with Crippen molar-refractivity contribution in [3.05, 3.63) is 47.1 Å². The summed E-state index contributed by atoms with van der Waals surface area (Å²) in [6.07, 6.45) is 2.09. The van der Waals surface area contributed by atoms with E-state index < -0.39 is 0 Å². The second-order valence-corrected chi connectivity index (χ2v) is 4.39. The lowest BCUT2D eigenvalue weighted by molar-refractivity contribution is 0.318. The molecule has 1 aromatic heterocycles. The molecule has 1 aromatic carbocycles. The Morgan fingerprint density at radius 3 is 3.00 bits per heavy atom. The molecule has 0 radical (unpaired) electrons. The minimum absolute atomic E-state index is 0.115. The van der Waals surface area contributed by atoms with Crippen LogP contribution in [-0.2, 0) is 13.0 Å². The molecule has 0 spiro atoms. The van der Waals surface area contributed by atoms with Crippen molar-refractivity contribution < 1.29 is 9.73 Å². The third kappa shape index (κ3) is 3.55. The van der Waals surface area contributed by atoms with Gasteiger partial charge in [0, 0.05) is 25.1 Å². The van der Waals surface area contributed by atoms with E-state index in [0.717, 1.165) is 24.2 Å². The predicted octanol–water partition coefficient (Wildman–Crippen LogP) is 0.805. The summed E-state index contributed by atoms with van der Waals surface area (Å²) in [5, 5.41) is 18.5. The van der Waals surface area contributed by atoms with Gasteiger partial charge in [-0.3, -0.25) is 0 Å².